The fourth-order valence-corrected chi connectivity index (χ4v) is 1.97. The van der Waals surface area contributed by atoms with Crippen LogP contribution in [0.2, 0.25) is 0 Å². The highest BCUT2D eigenvalue weighted by Gasteiger charge is 2.29. The van der Waals surface area contributed by atoms with Crippen LogP contribution in [0.25, 0.3) is 0 Å². The van der Waals surface area contributed by atoms with E-state index in [0.717, 1.165) is 18.4 Å². The Labute approximate surface area is 106 Å². The van der Waals surface area contributed by atoms with Gasteiger partial charge in [0.25, 0.3) is 5.69 Å². The SMILES string of the molecule is CC(NCC(O)C1CC1)c1cccc([N+](=O)[O-])c1. The summed E-state index contributed by atoms with van der Waals surface area (Å²) in [6.07, 6.45) is 1.91. The highest BCUT2D eigenvalue weighted by atomic mass is 16.6. The standard InChI is InChI=1S/C13H18N2O3/c1-9(14-8-13(16)10-5-6-10)11-3-2-4-12(7-11)15(17)18/h2-4,7,9-10,13-14,16H,5-6,8H2,1H3. The molecule has 0 bridgehead atoms. The Balaban J connectivity index is 1.92. The van der Waals surface area contributed by atoms with Gasteiger partial charge in [0.15, 0.2) is 0 Å². The summed E-state index contributed by atoms with van der Waals surface area (Å²) in [4.78, 5) is 10.3. The van der Waals surface area contributed by atoms with Crippen molar-refractivity contribution < 1.29 is 10.0 Å². The van der Waals surface area contributed by atoms with Gasteiger partial charge in [-0.2, -0.15) is 0 Å². The molecule has 1 saturated carbocycles. The molecular formula is C13H18N2O3. The van der Waals surface area contributed by atoms with Crippen LogP contribution in [0.4, 0.5) is 5.69 Å². The molecule has 0 saturated heterocycles. The molecule has 0 aromatic heterocycles. The minimum atomic E-state index is -0.394. The molecule has 0 radical (unpaired) electrons. The predicted octanol–water partition coefficient (Wildman–Crippen LogP) is 2.02. The lowest BCUT2D eigenvalue weighted by atomic mass is 10.1. The zero-order valence-electron chi connectivity index (χ0n) is 10.4. The smallest absolute Gasteiger partial charge is 0.269 e. The van der Waals surface area contributed by atoms with E-state index in [1.165, 1.54) is 6.07 Å². The first-order valence-corrected chi connectivity index (χ1v) is 6.23. The van der Waals surface area contributed by atoms with Gasteiger partial charge in [-0.15, -0.1) is 0 Å². The number of nitro groups is 1. The first-order valence-electron chi connectivity index (χ1n) is 6.23. The average Bonchev–Trinajstić information content (AvgIpc) is 3.20. The molecular weight excluding hydrogens is 232 g/mol. The maximum Gasteiger partial charge on any atom is 0.269 e. The van der Waals surface area contributed by atoms with Crippen LogP contribution in [0.5, 0.6) is 0 Å². The molecule has 1 aliphatic rings. The summed E-state index contributed by atoms with van der Waals surface area (Å²) in [5.41, 5.74) is 0.969. The van der Waals surface area contributed by atoms with E-state index in [1.54, 1.807) is 12.1 Å². The molecule has 5 nitrogen and oxygen atoms in total. The molecule has 2 rings (SSSR count). The number of nitrogens with one attached hydrogen (secondary N) is 1. The fourth-order valence-electron chi connectivity index (χ4n) is 1.97. The van der Waals surface area contributed by atoms with Crippen LogP contribution >= 0.6 is 0 Å². The first kappa shape index (κ1) is 13.0. The van der Waals surface area contributed by atoms with Crippen molar-refractivity contribution in [1.82, 2.24) is 5.32 Å². The van der Waals surface area contributed by atoms with Gasteiger partial charge in [0, 0.05) is 24.7 Å². The lowest BCUT2D eigenvalue weighted by Gasteiger charge is -2.17. The molecule has 2 N–H and O–H groups in total. The molecule has 1 fully saturated rings. The number of benzene rings is 1. The van der Waals surface area contributed by atoms with Crippen LogP contribution in [-0.2, 0) is 0 Å². The second-order valence-electron chi connectivity index (χ2n) is 4.89. The van der Waals surface area contributed by atoms with Crippen LogP contribution in [0, 0.1) is 16.0 Å². The number of nitrogens with zero attached hydrogens (tertiary/aromatic N) is 1. The van der Waals surface area contributed by atoms with Gasteiger partial charge < -0.3 is 10.4 Å². The lowest BCUT2D eigenvalue weighted by Crippen LogP contribution is -2.30. The number of nitro benzene ring substituents is 1. The zero-order valence-corrected chi connectivity index (χ0v) is 10.4. The Morgan fingerprint density at radius 2 is 2.28 bits per heavy atom. The average molecular weight is 250 g/mol. The number of hydrogen-bond acceptors (Lipinski definition) is 4. The monoisotopic (exact) mass is 250 g/mol. The van der Waals surface area contributed by atoms with E-state index in [4.69, 9.17) is 0 Å². The predicted molar refractivity (Wildman–Crippen MR) is 68.2 cm³/mol. The maximum absolute atomic E-state index is 10.7. The van der Waals surface area contributed by atoms with Gasteiger partial charge in [0.05, 0.1) is 11.0 Å². The number of non-ortho nitro benzene ring substituents is 1. The number of aliphatic hydroxyl groups is 1. The molecule has 1 aliphatic carbocycles. The Kier molecular flexibility index (Phi) is 3.93. The first-order chi connectivity index (χ1) is 8.58. The quantitative estimate of drug-likeness (QED) is 0.598. The third-order valence-electron chi connectivity index (χ3n) is 3.38. The Hall–Kier alpha value is -1.46. The van der Waals surface area contributed by atoms with E-state index in [9.17, 15) is 15.2 Å². The van der Waals surface area contributed by atoms with E-state index < -0.39 is 4.92 Å². The second-order valence-corrected chi connectivity index (χ2v) is 4.89. The molecule has 98 valence electrons. The third-order valence-corrected chi connectivity index (χ3v) is 3.38. The van der Waals surface area contributed by atoms with Gasteiger partial charge in [-0.05, 0) is 31.2 Å². The van der Waals surface area contributed by atoms with E-state index >= 15 is 0 Å². The van der Waals surface area contributed by atoms with Crippen LogP contribution in [0.3, 0.4) is 0 Å². The molecule has 5 heteroatoms. The molecule has 1 aromatic rings. The van der Waals surface area contributed by atoms with Gasteiger partial charge in [-0.25, -0.2) is 0 Å². The molecule has 1 aromatic carbocycles. The zero-order chi connectivity index (χ0) is 13.1. The number of rotatable bonds is 6. The normalized spacial score (nSPS) is 18.3. The summed E-state index contributed by atoms with van der Waals surface area (Å²) >= 11 is 0. The Morgan fingerprint density at radius 3 is 2.89 bits per heavy atom. The van der Waals surface area contributed by atoms with Crippen molar-refractivity contribution in [2.75, 3.05) is 6.54 Å². The van der Waals surface area contributed by atoms with Crippen molar-refractivity contribution in [1.29, 1.82) is 0 Å². The van der Waals surface area contributed by atoms with Gasteiger partial charge in [-0.3, -0.25) is 10.1 Å². The van der Waals surface area contributed by atoms with Crippen LogP contribution in [-0.4, -0.2) is 22.7 Å². The van der Waals surface area contributed by atoms with E-state index in [0.29, 0.717) is 12.5 Å². The van der Waals surface area contributed by atoms with Crippen molar-refractivity contribution in [3.8, 4) is 0 Å². The van der Waals surface area contributed by atoms with E-state index in [1.807, 2.05) is 13.0 Å². The van der Waals surface area contributed by atoms with Crippen LogP contribution in [0.15, 0.2) is 24.3 Å². The molecule has 0 aliphatic heterocycles. The topological polar surface area (TPSA) is 75.4 Å². The Morgan fingerprint density at radius 1 is 1.56 bits per heavy atom. The molecule has 18 heavy (non-hydrogen) atoms. The van der Waals surface area contributed by atoms with Crippen molar-refractivity contribution in [2.45, 2.75) is 31.9 Å². The summed E-state index contributed by atoms with van der Waals surface area (Å²) in [5.74, 6) is 0.440. The highest BCUT2D eigenvalue weighted by molar-refractivity contribution is 5.35. The van der Waals surface area contributed by atoms with Gasteiger partial charge in [0.1, 0.15) is 0 Å². The maximum atomic E-state index is 10.7. The number of hydrogen-bond donors (Lipinski definition) is 2. The van der Waals surface area contributed by atoms with Crippen molar-refractivity contribution >= 4 is 5.69 Å². The molecule has 0 amide bonds. The van der Waals surface area contributed by atoms with Gasteiger partial charge in [-0.1, -0.05) is 12.1 Å². The summed E-state index contributed by atoms with van der Waals surface area (Å²) in [6.45, 7) is 2.48. The third kappa shape index (κ3) is 3.27. The fraction of sp³-hybridized carbons (Fsp3) is 0.538. The molecule has 0 spiro atoms. The number of aliphatic hydroxyl groups excluding tert-OH is 1. The second kappa shape index (κ2) is 5.46. The summed E-state index contributed by atoms with van der Waals surface area (Å²) in [6, 6.07) is 6.59. The van der Waals surface area contributed by atoms with Gasteiger partial charge in [0.2, 0.25) is 0 Å². The Bertz CT molecular complexity index is 432. The van der Waals surface area contributed by atoms with Crippen LogP contribution in [0.1, 0.15) is 31.4 Å². The minimum absolute atomic E-state index is 0.00157. The minimum Gasteiger partial charge on any atom is -0.392 e. The van der Waals surface area contributed by atoms with Crippen molar-refractivity contribution in [3.05, 3.63) is 39.9 Å². The summed E-state index contributed by atoms with van der Waals surface area (Å²) < 4.78 is 0. The highest BCUT2D eigenvalue weighted by Crippen LogP contribution is 2.32. The molecule has 0 heterocycles. The van der Waals surface area contributed by atoms with E-state index in [2.05, 4.69) is 5.32 Å². The summed E-state index contributed by atoms with van der Waals surface area (Å²) in [5, 5.41) is 23.7. The lowest BCUT2D eigenvalue weighted by molar-refractivity contribution is -0.384. The van der Waals surface area contributed by atoms with Crippen molar-refractivity contribution in [2.24, 2.45) is 5.92 Å². The van der Waals surface area contributed by atoms with E-state index in [-0.39, 0.29) is 17.8 Å². The molecule has 2 unspecified atom stereocenters. The van der Waals surface area contributed by atoms with Crippen molar-refractivity contribution in [3.63, 3.8) is 0 Å². The largest absolute Gasteiger partial charge is 0.392 e. The molecule has 2 atom stereocenters. The summed E-state index contributed by atoms with van der Waals surface area (Å²) in [7, 11) is 0. The van der Waals surface area contributed by atoms with Gasteiger partial charge >= 0.3 is 0 Å². The van der Waals surface area contributed by atoms with Crippen LogP contribution < -0.4 is 5.32 Å².